The lowest BCUT2D eigenvalue weighted by Gasteiger charge is -2.39. The van der Waals surface area contributed by atoms with Gasteiger partial charge >= 0.3 is 0 Å². The summed E-state index contributed by atoms with van der Waals surface area (Å²) in [5.74, 6) is 2.36. The number of aromatic hydroxyl groups is 1. The number of thiophene rings is 1. The average molecular weight is 377 g/mol. The van der Waals surface area contributed by atoms with Gasteiger partial charge in [0.2, 0.25) is 10.8 Å². The van der Waals surface area contributed by atoms with Gasteiger partial charge < -0.3 is 5.11 Å². The van der Waals surface area contributed by atoms with Crippen LogP contribution in [-0.4, -0.2) is 37.7 Å². The quantitative estimate of drug-likeness (QED) is 0.742. The number of rotatable bonds is 4. The Hall–Kier alpha value is -1.44. The van der Waals surface area contributed by atoms with E-state index in [1.807, 2.05) is 6.92 Å². The summed E-state index contributed by atoms with van der Waals surface area (Å²) in [7, 11) is 0. The van der Waals surface area contributed by atoms with Crippen molar-refractivity contribution in [1.82, 2.24) is 19.5 Å². The van der Waals surface area contributed by atoms with Gasteiger partial charge in [0.25, 0.3) is 0 Å². The first kappa shape index (κ1) is 17.0. The lowest BCUT2D eigenvalue weighted by molar-refractivity contribution is 0.113. The molecule has 1 fully saturated rings. The predicted octanol–water partition coefficient (Wildman–Crippen LogP) is 4.19. The third-order valence-electron chi connectivity index (χ3n) is 4.88. The molecule has 0 saturated carbocycles. The first-order chi connectivity index (χ1) is 12.1. The van der Waals surface area contributed by atoms with E-state index in [0.29, 0.717) is 11.8 Å². The molecule has 1 N–H and O–H groups in total. The first-order valence-electron chi connectivity index (χ1n) is 8.91. The summed E-state index contributed by atoms with van der Waals surface area (Å²) < 4.78 is 1.61. The number of nitrogens with zero attached hydrogens (tertiary/aromatic N) is 4. The molecule has 0 bridgehead atoms. The summed E-state index contributed by atoms with van der Waals surface area (Å²) in [6, 6.07) is 4.35. The molecule has 0 aliphatic carbocycles. The molecule has 5 nitrogen and oxygen atoms in total. The minimum Gasteiger partial charge on any atom is -0.492 e. The van der Waals surface area contributed by atoms with Gasteiger partial charge in [-0.05, 0) is 29.7 Å². The zero-order valence-electron chi connectivity index (χ0n) is 14.8. The van der Waals surface area contributed by atoms with E-state index in [4.69, 9.17) is 0 Å². The van der Waals surface area contributed by atoms with Crippen LogP contribution >= 0.6 is 22.7 Å². The lowest BCUT2D eigenvalue weighted by atomic mass is 9.90. The second-order valence-corrected chi connectivity index (χ2v) is 9.17. The number of hydrogen-bond acceptors (Lipinski definition) is 6. The van der Waals surface area contributed by atoms with Crippen LogP contribution in [0.3, 0.4) is 0 Å². The third kappa shape index (κ3) is 3.09. The second kappa shape index (κ2) is 6.70. The number of piperidine rings is 1. The molecule has 3 aromatic heterocycles. The molecular formula is C18H24N4OS2. The van der Waals surface area contributed by atoms with Crippen molar-refractivity contribution in [2.75, 3.05) is 13.1 Å². The number of aromatic nitrogens is 3. The van der Waals surface area contributed by atoms with Crippen LogP contribution in [0, 0.1) is 11.8 Å². The zero-order chi connectivity index (χ0) is 17.6. The van der Waals surface area contributed by atoms with Gasteiger partial charge in [-0.2, -0.15) is 4.52 Å². The molecule has 1 aliphatic rings. The Bertz CT molecular complexity index is 844. The van der Waals surface area contributed by atoms with Gasteiger partial charge in [0, 0.05) is 24.4 Å². The van der Waals surface area contributed by atoms with Crippen molar-refractivity contribution in [2.24, 2.45) is 11.8 Å². The van der Waals surface area contributed by atoms with Gasteiger partial charge in [0.05, 0.1) is 10.9 Å². The minimum atomic E-state index is 0.0868. The molecule has 1 aliphatic heterocycles. The summed E-state index contributed by atoms with van der Waals surface area (Å²) in [4.78, 5) is 10.1. The molecular weight excluding hydrogens is 352 g/mol. The maximum atomic E-state index is 10.9. The second-order valence-electron chi connectivity index (χ2n) is 7.18. The monoisotopic (exact) mass is 376 g/mol. The van der Waals surface area contributed by atoms with E-state index >= 15 is 0 Å². The molecule has 0 amide bonds. The molecule has 4 rings (SSSR count). The fourth-order valence-corrected chi connectivity index (χ4v) is 6.03. The maximum Gasteiger partial charge on any atom is 0.230 e. The van der Waals surface area contributed by atoms with Crippen LogP contribution in [-0.2, 0) is 6.42 Å². The SMILES string of the molecule is CCc1nc2sc([C@H](c3cccs3)N3C[C@H](C)C[C@@H](C)C3)c(O)n2n1. The van der Waals surface area contributed by atoms with Crippen molar-refractivity contribution in [1.29, 1.82) is 0 Å². The Balaban J connectivity index is 1.78. The standard InChI is InChI=1S/C18H24N4OS2/c1-4-14-19-18-22(20-14)17(23)16(25-18)15(13-6-5-7-24-13)21-9-11(2)8-12(3)10-21/h5-7,11-12,15,23H,4,8-10H2,1-3H3/t11-,12-,15+/m1/s1. The highest BCUT2D eigenvalue weighted by Crippen LogP contribution is 2.43. The molecule has 0 radical (unpaired) electrons. The lowest BCUT2D eigenvalue weighted by Crippen LogP contribution is -2.41. The van der Waals surface area contributed by atoms with Crippen LogP contribution in [0.15, 0.2) is 17.5 Å². The molecule has 25 heavy (non-hydrogen) atoms. The van der Waals surface area contributed by atoms with E-state index in [9.17, 15) is 5.11 Å². The molecule has 134 valence electrons. The molecule has 3 atom stereocenters. The Kier molecular flexibility index (Phi) is 4.56. The number of fused-ring (bicyclic) bond motifs is 1. The van der Waals surface area contributed by atoms with Crippen LogP contribution in [0.25, 0.3) is 4.96 Å². The summed E-state index contributed by atoms with van der Waals surface area (Å²) in [5.41, 5.74) is 0. The third-order valence-corrected chi connectivity index (χ3v) is 6.88. The molecule has 0 spiro atoms. The molecule has 1 saturated heterocycles. The highest BCUT2D eigenvalue weighted by atomic mass is 32.1. The predicted molar refractivity (Wildman–Crippen MR) is 103 cm³/mol. The topological polar surface area (TPSA) is 53.7 Å². The van der Waals surface area contributed by atoms with E-state index in [-0.39, 0.29) is 11.9 Å². The molecule has 0 unspecified atom stereocenters. The highest BCUT2D eigenvalue weighted by molar-refractivity contribution is 7.17. The smallest absolute Gasteiger partial charge is 0.230 e. The van der Waals surface area contributed by atoms with Crippen LogP contribution < -0.4 is 0 Å². The average Bonchev–Trinajstić information content (AvgIpc) is 3.27. The maximum absolute atomic E-state index is 10.9. The van der Waals surface area contributed by atoms with Gasteiger partial charge in [0.15, 0.2) is 5.82 Å². The van der Waals surface area contributed by atoms with Crippen LogP contribution in [0.5, 0.6) is 5.88 Å². The Morgan fingerprint density at radius 2 is 2.08 bits per heavy atom. The molecule has 0 aromatic carbocycles. The number of hydrogen-bond donors (Lipinski definition) is 1. The Morgan fingerprint density at radius 1 is 1.32 bits per heavy atom. The summed E-state index contributed by atoms with van der Waals surface area (Å²) in [6.07, 6.45) is 2.05. The Morgan fingerprint density at radius 3 is 2.68 bits per heavy atom. The Labute approximate surface area is 155 Å². The molecule has 3 aromatic rings. The van der Waals surface area contributed by atoms with E-state index in [2.05, 4.69) is 46.3 Å². The highest BCUT2D eigenvalue weighted by Gasteiger charge is 2.34. The van der Waals surface area contributed by atoms with Crippen molar-refractivity contribution < 1.29 is 5.11 Å². The van der Waals surface area contributed by atoms with E-state index in [1.165, 1.54) is 11.3 Å². The van der Waals surface area contributed by atoms with Crippen molar-refractivity contribution >= 4 is 27.6 Å². The first-order valence-corrected chi connectivity index (χ1v) is 10.6. The minimum absolute atomic E-state index is 0.0868. The fourth-order valence-electron chi connectivity index (χ4n) is 3.96. The van der Waals surface area contributed by atoms with E-state index in [0.717, 1.165) is 35.2 Å². The largest absolute Gasteiger partial charge is 0.492 e. The van der Waals surface area contributed by atoms with Crippen molar-refractivity contribution in [3.63, 3.8) is 0 Å². The van der Waals surface area contributed by atoms with Crippen LogP contribution in [0.4, 0.5) is 0 Å². The van der Waals surface area contributed by atoms with Crippen molar-refractivity contribution in [3.8, 4) is 5.88 Å². The van der Waals surface area contributed by atoms with Crippen molar-refractivity contribution in [2.45, 2.75) is 39.7 Å². The van der Waals surface area contributed by atoms with Crippen LogP contribution in [0.1, 0.15) is 48.8 Å². The number of aryl methyl sites for hydroxylation is 1. The normalized spacial score (nSPS) is 23.3. The van der Waals surface area contributed by atoms with E-state index in [1.54, 1.807) is 27.2 Å². The summed E-state index contributed by atoms with van der Waals surface area (Å²) in [5, 5.41) is 17.4. The zero-order valence-corrected chi connectivity index (χ0v) is 16.5. The number of likely N-dealkylation sites (tertiary alicyclic amines) is 1. The van der Waals surface area contributed by atoms with Gasteiger partial charge in [0.1, 0.15) is 0 Å². The van der Waals surface area contributed by atoms with Gasteiger partial charge in [-0.15, -0.1) is 16.4 Å². The van der Waals surface area contributed by atoms with Crippen molar-refractivity contribution in [3.05, 3.63) is 33.1 Å². The molecule has 7 heteroatoms. The fraction of sp³-hybridized carbons (Fsp3) is 0.556. The summed E-state index contributed by atoms with van der Waals surface area (Å²) >= 11 is 3.32. The molecule has 4 heterocycles. The van der Waals surface area contributed by atoms with Gasteiger partial charge in [-0.1, -0.05) is 38.2 Å². The summed E-state index contributed by atoms with van der Waals surface area (Å²) in [6.45, 7) is 8.79. The number of thiazole rings is 1. The van der Waals surface area contributed by atoms with Gasteiger partial charge in [-0.25, -0.2) is 4.98 Å². The van der Waals surface area contributed by atoms with Gasteiger partial charge in [-0.3, -0.25) is 4.90 Å². The van der Waals surface area contributed by atoms with Crippen LogP contribution in [0.2, 0.25) is 0 Å². The van der Waals surface area contributed by atoms with E-state index < -0.39 is 0 Å².